The summed E-state index contributed by atoms with van der Waals surface area (Å²) >= 11 is 0. The van der Waals surface area contributed by atoms with Gasteiger partial charge in [-0.25, -0.2) is 18.3 Å². The molecule has 75 heavy (non-hydrogen) atoms. The number of likely N-dealkylation sites (tertiary alicyclic amines) is 2. The van der Waals surface area contributed by atoms with E-state index in [-0.39, 0.29) is 47.9 Å². The Kier molecular flexibility index (Phi) is 17.6. The van der Waals surface area contributed by atoms with Gasteiger partial charge in [0.05, 0.1) is 35.9 Å². The molecule has 2 aliphatic heterocycles. The van der Waals surface area contributed by atoms with Crippen molar-refractivity contribution in [3.05, 3.63) is 130 Å². The van der Waals surface area contributed by atoms with Crippen molar-refractivity contribution in [1.29, 1.82) is 0 Å². The van der Waals surface area contributed by atoms with Crippen LogP contribution in [0.2, 0.25) is 25.7 Å². The Balaban J connectivity index is 0.000000156. The molecule has 19 heteroatoms. The number of carbonyl (C=O) groups is 2. The van der Waals surface area contributed by atoms with Gasteiger partial charge in [0.15, 0.2) is 11.4 Å². The molecule has 2 aromatic carbocycles. The lowest BCUT2D eigenvalue weighted by Crippen LogP contribution is -2.51. The molecule has 2 atom stereocenters. The van der Waals surface area contributed by atoms with Gasteiger partial charge < -0.3 is 20.9 Å². The van der Waals surface area contributed by atoms with E-state index in [1.54, 1.807) is 17.1 Å². The van der Waals surface area contributed by atoms with Crippen LogP contribution in [0.25, 0.3) is 0 Å². The first-order valence-electron chi connectivity index (χ1n) is 26.6. The molecule has 2 saturated heterocycles. The van der Waals surface area contributed by atoms with Gasteiger partial charge in [0.2, 0.25) is 0 Å². The number of ether oxygens (including phenoxy) is 1. The molecule has 0 spiro atoms. The average Bonchev–Trinajstić information content (AvgIpc) is 4.16. The van der Waals surface area contributed by atoms with Crippen LogP contribution in [0, 0.1) is 22.7 Å². The number of hydrogen-bond donors (Lipinski definition) is 4. The van der Waals surface area contributed by atoms with Crippen molar-refractivity contribution >= 4 is 31.3 Å². The highest BCUT2D eigenvalue weighted by atomic mass is 28.3. The first-order chi connectivity index (χ1) is 35.8. The van der Waals surface area contributed by atoms with E-state index in [1.165, 1.54) is 5.56 Å². The number of nitrogens with two attached hydrogens (primary N) is 1. The highest BCUT2D eigenvalue weighted by Crippen LogP contribution is 2.38. The van der Waals surface area contributed by atoms with Crippen LogP contribution >= 0.6 is 0 Å². The molecule has 0 radical (unpaired) electrons. The monoisotopic (exact) mass is 1050 g/mol. The number of carboxylic acids is 1. The number of anilines is 2. The Morgan fingerprint density at radius 3 is 1.88 bits per heavy atom. The van der Waals surface area contributed by atoms with Gasteiger partial charge in [-0.15, -0.1) is 0 Å². The number of nitrogens with zero attached hydrogens (tertiary/aromatic N) is 9. The van der Waals surface area contributed by atoms with Crippen LogP contribution < -0.4 is 11.1 Å². The van der Waals surface area contributed by atoms with Crippen molar-refractivity contribution in [3.63, 3.8) is 0 Å². The third-order valence-corrected chi connectivity index (χ3v) is 16.9. The summed E-state index contributed by atoms with van der Waals surface area (Å²) in [7, 11) is -1.11. The fraction of sp³-hybridized carbons (Fsp3) is 0.536. The number of carboxylic acid groups (broad SMARTS) is 1. The van der Waals surface area contributed by atoms with Gasteiger partial charge >= 0.3 is 5.97 Å². The quantitative estimate of drug-likeness (QED) is 0.0474. The Bertz CT molecular complexity index is 2810. The topological polar surface area (TPSA) is 190 Å². The molecular formula is C56H78F2N12O4Si. The van der Waals surface area contributed by atoms with Gasteiger partial charge in [0.1, 0.15) is 20.1 Å². The number of aromatic amines is 1. The Hall–Kier alpha value is -6.02. The minimum absolute atomic E-state index is 0.0353. The van der Waals surface area contributed by atoms with Crippen molar-refractivity contribution in [2.75, 3.05) is 70.3 Å². The zero-order valence-electron chi connectivity index (χ0n) is 44.9. The van der Waals surface area contributed by atoms with Crippen LogP contribution in [0.15, 0.2) is 85.5 Å². The fourth-order valence-corrected chi connectivity index (χ4v) is 11.7. The lowest BCUT2D eigenvalue weighted by Gasteiger charge is -2.43. The summed E-state index contributed by atoms with van der Waals surface area (Å²) in [6.07, 6.45) is 12.6. The normalized spacial score (nSPS) is 18.2. The summed E-state index contributed by atoms with van der Waals surface area (Å²) in [6, 6.07) is 21.8. The molecule has 2 aliphatic carbocycles. The number of aromatic carboxylic acids is 1. The number of alkyl halides is 2. The number of benzene rings is 2. The van der Waals surface area contributed by atoms with E-state index in [0.717, 1.165) is 105 Å². The van der Waals surface area contributed by atoms with E-state index in [4.69, 9.17) is 10.5 Å². The number of halogens is 2. The highest BCUT2D eigenvalue weighted by molar-refractivity contribution is 6.76. The summed E-state index contributed by atoms with van der Waals surface area (Å²) in [5.74, 6) is -0.357. The second-order valence-electron chi connectivity index (χ2n) is 23.7. The van der Waals surface area contributed by atoms with Crippen LogP contribution in [-0.2, 0) is 37.2 Å². The van der Waals surface area contributed by atoms with Crippen LogP contribution in [0.5, 0.6) is 0 Å². The number of nitrogen functional groups attached to an aromatic ring is 1. The molecule has 0 saturated carbocycles. The number of rotatable bonds is 18. The van der Waals surface area contributed by atoms with Gasteiger partial charge in [-0.3, -0.25) is 29.1 Å². The SMILES string of the molecule is CC1(C)CCc2c(C(=O)Nc3cnn(C(c4ccccc4)C4CN(CCF)C4)c3)n[nH]c2C1.CC1(C)CCc2c(C(=O)O)nn(COCC[Si](C)(C)C)c2C1.Nc1cnn(C(c2ccccc2)C2CN(CCF)C2)c1. The van der Waals surface area contributed by atoms with E-state index < -0.39 is 14.0 Å². The van der Waals surface area contributed by atoms with Gasteiger partial charge in [-0.1, -0.05) is 108 Å². The Labute approximate surface area is 441 Å². The molecule has 6 aromatic rings. The van der Waals surface area contributed by atoms with Crippen LogP contribution in [0.3, 0.4) is 0 Å². The first kappa shape index (κ1) is 55.2. The summed E-state index contributed by atoms with van der Waals surface area (Å²) in [5, 5.41) is 33.0. The van der Waals surface area contributed by atoms with Crippen molar-refractivity contribution in [3.8, 4) is 0 Å². The molecule has 0 bridgehead atoms. The van der Waals surface area contributed by atoms with Crippen molar-refractivity contribution in [1.82, 2.24) is 49.3 Å². The number of fused-ring (bicyclic) bond motifs is 2. The molecule has 4 aliphatic rings. The molecule has 16 nitrogen and oxygen atoms in total. The molecule has 10 rings (SSSR count). The molecule has 404 valence electrons. The van der Waals surface area contributed by atoms with E-state index in [0.29, 0.717) is 48.7 Å². The number of carbonyl (C=O) groups excluding carboxylic acids is 1. The van der Waals surface area contributed by atoms with Gasteiger partial charge in [0.25, 0.3) is 5.91 Å². The number of nitrogens with one attached hydrogen (secondary N) is 2. The summed E-state index contributed by atoms with van der Waals surface area (Å²) in [4.78, 5) is 28.7. The molecule has 2 fully saturated rings. The van der Waals surface area contributed by atoms with Crippen molar-refractivity contribution in [2.45, 2.75) is 111 Å². The predicted octanol–water partition coefficient (Wildman–Crippen LogP) is 9.23. The Morgan fingerprint density at radius 2 is 1.35 bits per heavy atom. The second-order valence-corrected chi connectivity index (χ2v) is 29.3. The second kappa shape index (κ2) is 23.9. The molecule has 6 heterocycles. The van der Waals surface area contributed by atoms with E-state index in [1.807, 2.05) is 58.2 Å². The largest absolute Gasteiger partial charge is 0.476 e. The predicted molar refractivity (Wildman–Crippen MR) is 291 cm³/mol. The number of hydrogen-bond acceptors (Lipinski definition) is 10. The van der Waals surface area contributed by atoms with Crippen LogP contribution in [0.1, 0.15) is 107 Å². The number of aromatic nitrogens is 8. The van der Waals surface area contributed by atoms with E-state index in [2.05, 4.69) is 112 Å². The summed E-state index contributed by atoms with van der Waals surface area (Å²) < 4.78 is 36.5. The standard InChI is InChI=1S/C25H31FN6O.C16H28N2O3Si.C15H19FN4/c1-25(2)9-8-20-21(12-25)29-30-22(20)24(33)28-19-13-27-32(16-19)23(17-6-4-3-5-7-17)18-14-31(15-18)11-10-26;1-16(2)7-6-12-13(10-16)18(17-14(12)15(19)20)11-21-8-9-22(3,4)5;16-6-7-19-9-13(10-19)15(12-4-2-1-3-5-12)20-11-14(17)8-18-20/h3-7,13,16,18,23H,8-12,14-15H2,1-2H3,(H,28,33)(H,29,30);6-11H2,1-5H3,(H,19,20);1-5,8,11,13,15H,6-7,9-10,17H2. The maximum Gasteiger partial charge on any atom is 0.356 e. The third kappa shape index (κ3) is 14.1. The lowest BCUT2D eigenvalue weighted by molar-refractivity contribution is 0.0635. The van der Waals surface area contributed by atoms with E-state index >= 15 is 0 Å². The smallest absolute Gasteiger partial charge is 0.356 e. The molecular weight excluding hydrogens is 971 g/mol. The highest BCUT2D eigenvalue weighted by Gasteiger charge is 2.38. The van der Waals surface area contributed by atoms with Gasteiger partial charge in [0, 0.05) is 101 Å². The van der Waals surface area contributed by atoms with E-state index in [9.17, 15) is 23.5 Å². The zero-order valence-corrected chi connectivity index (χ0v) is 45.9. The average molecular weight is 1050 g/mol. The first-order valence-corrected chi connectivity index (χ1v) is 30.3. The molecule has 5 N–H and O–H groups in total. The third-order valence-electron chi connectivity index (χ3n) is 15.2. The number of H-pyrrole nitrogens is 1. The van der Waals surface area contributed by atoms with Gasteiger partial charge in [-0.05, 0) is 66.5 Å². The maximum atomic E-state index is 13.0. The van der Waals surface area contributed by atoms with Crippen molar-refractivity contribution < 1.29 is 28.2 Å². The summed E-state index contributed by atoms with van der Waals surface area (Å²) in [5.41, 5.74) is 14.6. The minimum atomic E-state index is -1.11. The fourth-order valence-electron chi connectivity index (χ4n) is 10.9. The van der Waals surface area contributed by atoms with Gasteiger partial charge in [-0.2, -0.15) is 20.4 Å². The molecule has 4 aromatic heterocycles. The Morgan fingerprint density at radius 1 is 0.800 bits per heavy atom. The van der Waals surface area contributed by atoms with Crippen LogP contribution in [-0.4, -0.2) is 134 Å². The minimum Gasteiger partial charge on any atom is -0.476 e. The van der Waals surface area contributed by atoms with Crippen LogP contribution in [0.4, 0.5) is 20.2 Å². The summed E-state index contributed by atoms with van der Waals surface area (Å²) in [6.45, 7) is 20.8. The zero-order chi connectivity index (χ0) is 53.5. The molecule has 2 unspecified atom stereocenters. The lowest BCUT2D eigenvalue weighted by atomic mass is 9.76. The number of amides is 1. The van der Waals surface area contributed by atoms with Crippen molar-refractivity contribution in [2.24, 2.45) is 22.7 Å². The maximum absolute atomic E-state index is 13.0. The molecule has 1 amide bonds.